The van der Waals surface area contributed by atoms with Crippen LogP contribution in [0.4, 0.5) is 0 Å². The van der Waals surface area contributed by atoms with Crippen molar-refractivity contribution >= 4 is 5.97 Å². The van der Waals surface area contributed by atoms with E-state index in [1.807, 2.05) is 0 Å². The zero-order valence-electron chi connectivity index (χ0n) is 12.5. The second kappa shape index (κ2) is 5.96. The summed E-state index contributed by atoms with van der Waals surface area (Å²) < 4.78 is 0. The third kappa shape index (κ3) is 2.98. The number of rotatable bonds is 3. The summed E-state index contributed by atoms with van der Waals surface area (Å²) in [4.78, 5) is 23.1. The summed E-state index contributed by atoms with van der Waals surface area (Å²) in [5.74, 6) is -3.05. The molecule has 0 aliphatic heterocycles. The van der Waals surface area contributed by atoms with Gasteiger partial charge in [-0.2, -0.15) is 0 Å². The monoisotopic (exact) mass is 341 g/mol. The number of aromatic carboxylic acids is 1. The fourth-order valence-electron chi connectivity index (χ4n) is 2.18. The molecule has 0 atom stereocenters. The van der Waals surface area contributed by atoms with Gasteiger partial charge in [-0.25, -0.2) is 19.7 Å². The van der Waals surface area contributed by atoms with Crippen molar-refractivity contribution in [2.24, 2.45) is 0 Å². The fourth-order valence-corrected chi connectivity index (χ4v) is 2.18. The number of aromatic hydroxyl groups is 4. The summed E-state index contributed by atoms with van der Waals surface area (Å²) in [5.41, 5.74) is -0.236. The zero-order chi connectivity index (χ0) is 18.1. The van der Waals surface area contributed by atoms with Crippen LogP contribution in [0.2, 0.25) is 0 Å². The first kappa shape index (κ1) is 16.0. The van der Waals surface area contributed by atoms with Gasteiger partial charge in [-0.15, -0.1) is 0 Å². The molecule has 0 aliphatic rings. The molecule has 0 bridgehead atoms. The van der Waals surface area contributed by atoms with Gasteiger partial charge in [-0.05, 0) is 30.3 Å². The van der Waals surface area contributed by atoms with Crippen LogP contribution in [-0.2, 0) is 0 Å². The number of hydrogen-bond acceptors (Lipinski definition) is 8. The fraction of sp³-hybridized carbons (Fsp3) is 0. The van der Waals surface area contributed by atoms with Gasteiger partial charge < -0.3 is 25.5 Å². The number of carboxylic acids is 1. The molecular weight excluding hydrogens is 330 g/mol. The highest BCUT2D eigenvalue weighted by Gasteiger charge is 2.19. The normalized spacial score (nSPS) is 10.6. The molecule has 0 aliphatic carbocycles. The smallest absolute Gasteiger partial charge is 0.339 e. The van der Waals surface area contributed by atoms with Gasteiger partial charge in [0.2, 0.25) is 0 Å². The van der Waals surface area contributed by atoms with Gasteiger partial charge in [-0.1, -0.05) is 0 Å². The minimum atomic E-state index is -1.42. The van der Waals surface area contributed by atoms with Crippen molar-refractivity contribution < 1.29 is 30.3 Å². The second-order valence-corrected chi connectivity index (χ2v) is 5.03. The highest BCUT2D eigenvalue weighted by molar-refractivity contribution is 5.94. The number of carbonyl (C=O) groups is 1. The second-order valence-electron chi connectivity index (χ2n) is 5.03. The summed E-state index contributed by atoms with van der Waals surface area (Å²) in [6.07, 6.45) is 1.13. The van der Waals surface area contributed by atoms with Crippen LogP contribution in [0.5, 0.6) is 23.0 Å². The standard InChI is InChI=1S/C16H11N3O6/c20-8-4-9(13(23)10(5-8)16(24)25)15-18-6-17-14(19-15)7-1-2-11(21)12(22)3-7/h1-6,20-23H,(H,24,25). The number of hydrogen-bond donors (Lipinski definition) is 5. The Hall–Kier alpha value is -3.88. The number of phenolic OH excluding ortho intramolecular Hbond substituents is 3. The maximum absolute atomic E-state index is 11.1. The molecule has 0 saturated carbocycles. The first-order valence-electron chi connectivity index (χ1n) is 6.88. The molecule has 0 unspecified atom stereocenters. The Balaban J connectivity index is 2.14. The van der Waals surface area contributed by atoms with E-state index in [-0.39, 0.29) is 34.5 Å². The van der Waals surface area contributed by atoms with Gasteiger partial charge in [0, 0.05) is 5.56 Å². The van der Waals surface area contributed by atoms with Gasteiger partial charge in [-0.3, -0.25) is 0 Å². The molecule has 3 rings (SSSR count). The summed E-state index contributed by atoms with van der Waals surface area (Å²) in [6, 6.07) is 5.97. The van der Waals surface area contributed by atoms with E-state index in [1.165, 1.54) is 18.2 Å². The minimum Gasteiger partial charge on any atom is -0.508 e. The molecule has 1 aromatic heterocycles. The molecule has 0 fully saturated rings. The number of aromatic nitrogens is 3. The van der Waals surface area contributed by atoms with Crippen LogP contribution in [0.25, 0.3) is 22.8 Å². The number of phenols is 4. The van der Waals surface area contributed by atoms with E-state index in [1.54, 1.807) is 0 Å². The van der Waals surface area contributed by atoms with Crippen LogP contribution in [0.1, 0.15) is 10.4 Å². The Labute approximate surface area is 140 Å². The molecule has 5 N–H and O–H groups in total. The van der Waals surface area contributed by atoms with E-state index in [0.717, 1.165) is 18.5 Å². The van der Waals surface area contributed by atoms with Crippen molar-refractivity contribution in [2.45, 2.75) is 0 Å². The van der Waals surface area contributed by atoms with Crippen molar-refractivity contribution in [1.82, 2.24) is 15.0 Å². The lowest BCUT2D eigenvalue weighted by Gasteiger charge is -2.08. The van der Waals surface area contributed by atoms with E-state index in [9.17, 15) is 25.2 Å². The molecule has 3 aromatic rings. The van der Waals surface area contributed by atoms with E-state index in [2.05, 4.69) is 15.0 Å². The highest BCUT2D eigenvalue weighted by Crippen LogP contribution is 2.35. The third-order valence-corrected chi connectivity index (χ3v) is 3.37. The van der Waals surface area contributed by atoms with Gasteiger partial charge in [0.15, 0.2) is 23.1 Å². The van der Waals surface area contributed by atoms with Crippen molar-refractivity contribution in [3.05, 3.63) is 42.2 Å². The predicted octanol–water partition coefficient (Wildman–Crippen LogP) is 1.73. The van der Waals surface area contributed by atoms with Crippen molar-refractivity contribution in [3.8, 4) is 45.8 Å². The first-order valence-corrected chi connectivity index (χ1v) is 6.88. The van der Waals surface area contributed by atoms with E-state index < -0.39 is 17.3 Å². The minimum absolute atomic E-state index is 0.0755. The molecule has 0 saturated heterocycles. The van der Waals surface area contributed by atoms with Crippen LogP contribution in [0, 0.1) is 0 Å². The maximum Gasteiger partial charge on any atom is 0.339 e. The first-order chi connectivity index (χ1) is 11.9. The number of carboxylic acid groups (broad SMARTS) is 1. The van der Waals surface area contributed by atoms with Crippen LogP contribution >= 0.6 is 0 Å². The summed E-state index contributed by atoms with van der Waals surface area (Å²) >= 11 is 0. The van der Waals surface area contributed by atoms with Gasteiger partial charge in [0.05, 0.1) is 5.56 Å². The largest absolute Gasteiger partial charge is 0.508 e. The maximum atomic E-state index is 11.1. The Morgan fingerprint density at radius 2 is 1.60 bits per heavy atom. The quantitative estimate of drug-likeness (QED) is 0.353. The van der Waals surface area contributed by atoms with Crippen molar-refractivity contribution in [2.75, 3.05) is 0 Å². The molecule has 2 aromatic carbocycles. The predicted molar refractivity (Wildman–Crippen MR) is 84.3 cm³/mol. The van der Waals surface area contributed by atoms with Crippen LogP contribution < -0.4 is 0 Å². The van der Waals surface area contributed by atoms with E-state index in [4.69, 9.17) is 5.11 Å². The SMILES string of the molecule is O=C(O)c1cc(O)cc(-c2ncnc(-c3ccc(O)c(O)c3)n2)c1O. The third-order valence-electron chi connectivity index (χ3n) is 3.37. The molecule has 0 radical (unpaired) electrons. The molecule has 9 heteroatoms. The Morgan fingerprint density at radius 3 is 2.28 bits per heavy atom. The Morgan fingerprint density at radius 1 is 0.880 bits per heavy atom. The number of nitrogens with zero attached hydrogens (tertiary/aromatic N) is 3. The van der Waals surface area contributed by atoms with Crippen LogP contribution in [0.3, 0.4) is 0 Å². The van der Waals surface area contributed by atoms with E-state index >= 15 is 0 Å². The average molecular weight is 341 g/mol. The topological polar surface area (TPSA) is 157 Å². The molecule has 25 heavy (non-hydrogen) atoms. The molecular formula is C16H11N3O6. The average Bonchev–Trinajstić information content (AvgIpc) is 2.59. The van der Waals surface area contributed by atoms with Crippen molar-refractivity contribution in [1.29, 1.82) is 0 Å². The lowest BCUT2D eigenvalue weighted by molar-refractivity contribution is 0.0693. The Kier molecular flexibility index (Phi) is 3.82. The summed E-state index contributed by atoms with van der Waals surface area (Å²) in [6.45, 7) is 0. The lowest BCUT2D eigenvalue weighted by atomic mass is 10.1. The summed E-state index contributed by atoms with van der Waals surface area (Å²) in [5, 5.41) is 47.8. The zero-order valence-corrected chi connectivity index (χ0v) is 12.5. The molecule has 126 valence electrons. The van der Waals surface area contributed by atoms with E-state index in [0.29, 0.717) is 5.56 Å². The highest BCUT2D eigenvalue weighted by atomic mass is 16.4. The van der Waals surface area contributed by atoms with Gasteiger partial charge >= 0.3 is 5.97 Å². The van der Waals surface area contributed by atoms with Crippen molar-refractivity contribution in [3.63, 3.8) is 0 Å². The Bertz CT molecular complexity index is 990. The molecule has 0 spiro atoms. The van der Waals surface area contributed by atoms with Gasteiger partial charge in [0.25, 0.3) is 0 Å². The van der Waals surface area contributed by atoms with Crippen LogP contribution in [-0.4, -0.2) is 46.5 Å². The molecule has 1 heterocycles. The lowest BCUT2D eigenvalue weighted by Crippen LogP contribution is -2.00. The van der Waals surface area contributed by atoms with Gasteiger partial charge in [0.1, 0.15) is 23.4 Å². The number of benzene rings is 2. The molecule has 9 nitrogen and oxygen atoms in total. The summed E-state index contributed by atoms with van der Waals surface area (Å²) in [7, 11) is 0. The van der Waals surface area contributed by atoms with Crippen LogP contribution in [0.15, 0.2) is 36.7 Å². The molecule has 0 amide bonds.